The Bertz CT molecular complexity index is 743. The quantitative estimate of drug-likeness (QED) is 0.430. The van der Waals surface area contributed by atoms with Gasteiger partial charge in [-0.25, -0.2) is 0 Å². The Morgan fingerprint density at radius 1 is 0.964 bits per heavy atom. The number of carbonyl (C=O) groups excluding carboxylic acids is 1. The molecular formula is C18H26ClN7OS. The van der Waals surface area contributed by atoms with E-state index in [-0.39, 0.29) is 23.9 Å². The van der Waals surface area contributed by atoms with Crippen molar-refractivity contribution < 1.29 is 4.79 Å². The van der Waals surface area contributed by atoms with Gasteiger partial charge in [-0.2, -0.15) is 15.0 Å². The molecule has 0 aliphatic carbocycles. The highest BCUT2D eigenvalue weighted by Gasteiger charge is 2.09. The van der Waals surface area contributed by atoms with Crippen molar-refractivity contribution in [2.75, 3.05) is 21.8 Å². The van der Waals surface area contributed by atoms with Gasteiger partial charge in [0, 0.05) is 22.9 Å². The summed E-state index contributed by atoms with van der Waals surface area (Å²) < 4.78 is 0. The Morgan fingerprint density at radius 3 is 2.04 bits per heavy atom. The van der Waals surface area contributed by atoms with E-state index in [1.165, 1.54) is 11.8 Å². The lowest BCUT2D eigenvalue weighted by Crippen LogP contribution is -2.32. The van der Waals surface area contributed by atoms with Crippen LogP contribution in [0.4, 0.5) is 17.8 Å². The number of rotatable bonds is 10. The highest BCUT2D eigenvalue weighted by atomic mass is 35.5. The molecule has 1 aromatic heterocycles. The molecule has 152 valence electrons. The highest BCUT2D eigenvalue weighted by molar-refractivity contribution is 7.99. The lowest BCUT2D eigenvalue weighted by atomic mass is 10.2. The van der Waals surface area contributed by atoms with Gasteiger partial charge < -0.3 is 10.6 Å². The average molecular weight is 424 g/mol. The van der Waals surface area contributed by atoms with Gasteiger partial charge in [-0.05, 0) is 45.4 Å². The molecule has 8 nitrogen and oxygen atoms in total. The van der Waals surface area contributed by atoms with E-state index in [0.29, 0.717) is 22.7 Å². The molecule has 4 N–H and O–H groups in total. The van der Waals surface area contributed by atoms with Crippen molar-refractivity contribution in [2.45, 2.75) is 45.5 Å². The maximum absolute atomic E-state index is 12.1. The van der Waals surface area contributed by atoms with Gasteiger partial charge in [0.15, 0.2) is 0 Å². The zero-order valence-electron chi connectivity index (χ0n) is 16.4. The summed E-state index contributed by atoms with van der Waals surface area (Å²) >= 11 is 7.37. The molecule has 0 spiro atoms. The number of nitrogens with one attached hydrogen (secondary N) is 4. The predicted octanol–water partition coefficient (Wildman–Crippen LogP) is 3.54. The molecule has 0 aliphatic rings. The first-order valence-corrected chi connectivity index (χ1v) is 10.5. The first-order chi connectivity index (χ1) is 13.3. The minimum atomic E-state index is -0.170. The zero-order valence-corrected chi connectivity index (χ0v) is 18.0. The molecule has 1 aromatic carbocycles. The van der Waals surface area contributed by atoms with Gasteiger partial charge in [0.05, 0.1) is 5.75 Å². The fourth-order valence-corrected chi connectivity index (χ4v) is 3.00. The summed E-state index contributed by atoms with van der Waals surface area (Å²) in [7, 11) is 0. The minimum Gasteiger partial charge on any atom is -0.352 e. The molecule has 2 aromatic rings. The smallest absolute Gasteiger partial charge is 0.248 e. The van der Waals surface area contributed by atoms with Crippen LogP contribution >= 0.6 is 23.4 Å². The Hall–Kier alpha value is -2.26. The van der Waals surface area contributed by atoms with E-state index in [0.717, 1.165) is 11.3 Å². The summed E-state index contributed by atoms with van der Waals surface area (Å²) in [6.45, 7) is 7.97. The second-order valence-electron chi connectivity index (χ2n) is 6.70. The molecule has 2 rings (SSSR count). The van der Waals surface area contributed by atoms with Gasteiger partial charge >= 0.3 is 0 Å². The standard InChI is InChI=1S/C18H26ClN7OS/c1-11(2)20-16-22-17(21-12(3)4)24-18(23-16)26-25-15(27)10-28-9-13-5-7-14(19)8-6-13/h5-8,11-12H,9-10H2,1-4H3,(H,25,27)(H3,20,21,22,23,24,26). The van der Waals surface area contributed by atoms with Crippen LogP contribution in [0.2, 0.25) is 5.02 Å². The van der Waals surface area contributed by atoms with Gasteiger partial charge in [0.25, 0.3) is 0 Å². The number of aromatic nitrogens is 3. The van der Waals surface area contributed by atoms with Crippen LogP contribution in [0.25, 0.3) is 0 Å². The fourth-order valence-electron chi connectivity index (χ4n) is 2.08. The summed E-state index contributed by atoms with van der Waals surface area (Å²) in [4.78, 5) is 24.9. The summed E-state index contributed by atoms with van der Waals surface area (Å²) in [5, 5.41) is 6.97. The van der Waals surface area contributed by atoms with Crippen molar-refractivity contribution >= 4 is 47.1 Å². The van der Waals surface area contributed by atoms with Gasteiger partial charge in [-0.15, -0.1) is 11.8 Å². The molecule has 0 fully saturated rings. The van der Waals surface area contributed by atoms with E-state index in [1.54, 1.807) is 0 Å². The molecule has 0 radical (unpaired) electrons. The SMILES string of the molecule is CC(C)Nc1nc(NNC(=O)CSCc2ccc(Cl)cc2)nc(NC(C)C)n1. The molecule has 1 heterocycles. The molecule has 10 heteroatoms. The Balaban J connectivity index is 1.87. The summed E-state index contributed by atoms with van der Waals surface area (Å²) in [5.74, 6) is 1.98. The predicted molar refractivity (Wildman–Crippen MR) is 117 cm³/mol. The maximum atomic E-state index is 12.1. The number of nitrogens with zero attached hydrogens (tertiary/aromatic N) is 3. The number of carbonyl (C=O) groups is 1. The van der Waals surface area contributed by atoms with Crippen LogP contribution in [-0.2, 0) is 10.5 Å². The third kappa shape index (κ3) is 8.18. The molecule has 0 bridgehead atoms. The molecular weight excluding hydrogens is 398 g/mol. The van der Waals surface area contributed by atoms with Crippen LogP contribution in [0.15, 0.2) is 24.3 Å². The molecule has 1 amide bonds. The number of hydrazine groups is 1. The number of hydrogen-bond acceptors (Lipinski definition) is 8. The van der Waals surface area contributed by atoms with E-state index in [9.17, 15) is 4.79 Å². The second kappa shape index (κ2) is 10.9. The first kappa shape index (κ1) is 22.0. The Labute approximate surface area is 174 Å². The van der Waals surface area contributed by atoms with Crippen LogP contribution in [-0.4, -0.2) is 38.7 Å². The largest absolute Gasteiger partial charge is 0.352 e. The summed E-state index contributed by atoms with van der Waals surface area (Å²) in [6.07, 6.45) is 0. The minimum absolute atomic E-state index is 0.168. The number of halogens is 1. The van der Waals surface area contributed by atoms with Crippen LogP contribution in [0.1, 0.15) is 33.3 Å². The number of amides is 1. The normalized spacial score (nSPS) is 10.8. The Morgan fingerprint density at radius 2 is 1.50 bits per heavy atom. The van der Waals surface area contributed by atoms with E-state index in [2.05, 4.69) is 36.4 Å². The zero-order chi connectivity index (χ0) is 20.5. The van der Waals surface area contributed by atoms with Crippen molar-refractivity contribution in [2.24, 2.45) is 0 Å². The van der Waals surface area contributed by atoms with E-state index in [4.69, 9.17) is 11.6 Å². The van der Waals surface area contributed by atoms with Crippen LogP contribution < -0.4 is 21.5 Å². The fraction of sp³-hybridized carbons (Fsp3) is 0.444. The van der Waals surface area contributed by atoms with Crippen molar-refractivity contribution in [1.29, 1.82) is 0 Å². The Kier molecular flexibility index (Phi) is 8.59. The van der Waals surface area contributed by atoms with Crippen LogP contribution in [0.5, 0.6) is 0 Å². The van der Waals surface area contributed by atoms with Gasteiger partial charge in [0.2, 0.25) is 23.8 Å². The number of thioether (sulfide) groups is 1. The molecule has 0 aliphatic heterocycles. The van der Waals surface area contributed by atoms with Crippen LogP contribution in [0, 0.1) is 0 Å². The second-order valence-corrected chi connectivity index (χ2v) is 8.12. The third-order valence-electron chi connectivity index (χ3n) is 3.20. The van der Waals surface area contributed by atoms with Gasteiger partial charge in [-0.1, -0.05) is 23.7 Å². The van der Waals surface area contributed by atoms with E-state index < -0.39 is 0 Å². The van der Waals surface area contributed by atoms with Crippen LogP contribution in [0.3, 0.4) is 0 Å². The average Bonchev–Trinajstić information content (AvgIpc) is 2.60. The van der Waals surface area contributed by atoms with Gasteiger partial charge in [0.1, 0.15) is 0 Å². The third-order valence-corrected chi connectivity index (χ3v) is 4.46. The summed E-state index contributed by atoms with van der Waals surface area (Å²) in [6, 6.07) is 7.91. The molecule has 0 saturated carbocycles. The topological polar surface area (TPSA) is 104 Å². The summed E-state index contributed by atoms with van der Waals surface area (Å²) in [5.41, 5.74) is 6.48. The number of hydrogen-bond donors (Lipinski definition) is 4. The molecule has 0 unspecified atom stereocenters. The molecule has 28 heavy (non-hydrogen) atoms. The number of anilines is 3. The monoisotopic (exact) mass is 423 g/mol. The van der Waals surface area contributed by atoms with E-state index in [1.807, 2.05) is 52.0 Å². The highest BCUT2D eigenvalue weighted by Crippen LogP contribution is 2.15. The van der Waals surface area contributed by atoms with Crippen molar-refractivity contribution in [3.05, 3.63) is 34.9 Å². The van der Waals surface area contributed by atoms with Crippen molar-refractivity contribution in [3.63, 3.8) is 0 Å². The first-order valence-electron chi connectivity index (χ1n) is 8.98. The number of benzene rings is 1. The molecule has 0 saturated heterocycles. The lowest BCUT2D eigenvalue weighted by molar-refractivity contribution is -0.118. The van der Waals surface area contributed by atoms with E-state index >= 15 is 0 Å². The van der Waals surface area contributed by atoms with Gasteiger partial charge in [-0.3, -0.25) is 15.6 Å². The van der Waals surface area contributed by atoms with Crippen molar-refractivity contribution in [1.82, 2.24) is 20.4 Å². The van der Waals surface area contributed by atoms with Crippen molar-refractivity contribution in [3.8, 4) is 0 Å². The molecule has 0 atom stereocenters. The maximum Gasteiger partial charge on any atom is 0.248 e. The lowest BCUT2D eigenvalue weighted by Gasteiger charge is -2.14.